The first-order chi connectivity index (χ1) is 16.9. The molecule has 0 bridgehead atoms. The number of hydrogen-bond donors (Lipinski definition) is 1. The van der Waals surface area contributed by atoms with Crippen LogP contribution in [0.1, 0.15) is 37.9 Å². The molecule has 0 amide bonds. The van der Waals surface area contributed by atoms with Gasteiger partial charge in [0.05, 0.1) is 11.2 Å². The van der Waals surface area contributed by atoms with E-state index in [0.717, 1.165) is 48.5 Å². The molecule has 0 aliphatic carbocycles. The Morgan fingerprint density at radius 1 is 1.26 bits per heavy atom. The van der Waals surface area contributed by atoms with Gasteiger partial charge in [-0.1, -0.05) is 30.1 Å². The first kappa shape index (κ1) is 23.8. The Balaban J connectivity index is 1.45. The van der Waals surface area contributed by atoms with Gasteiger partial charge in [0.25, 0.3) is 0 Å². The number of aromatic nitrogens is 5. The van der Waals surface area contributed by atoms with Gasteiger partial charge in [-0.15, -0.1) is 4.73 Å². The fourth-order valence-corrected chi connectivity index (χ4v) is 4.94. The highest BCUT2D eigenvalue weighted by Gasteiger charge is 2.24. The maximum absolute atomic E-state index is 14.1. The molecule has 8 nitrogen and oxygen atoms in total. The zero-order chi connectivity index (χ0) is 24.5. The van der Waals surface area contributed by atoms with Crippen LogP contribution in [0.4, 0.5) is 4.39 Å². The number of nitrogens with one attached hydrogen (secondary N) is 1. The first-order valence-electron chi connectivity index (χ1n) is 11.5. The van der Waals surface area contributed by atoms with Crippen LogP contribution in [-0.2, 0) is 11.3 Å². The van der Waals surface area contributed by atoms with Gasteiger partial charge in [-0.2, -0.15) is 5.10 Å². The van der Waals surface area contributed by atoms with E-state index in [0.29, 0.717) is 23.5 Å². The molecule has 1 aromatic carbocycles. The monoisotopic (exact) mass is 519 g/mol. The van der Waals surface area contributed by atoms with Crippen LogP contribution in [0.5, 0.6) is 0 Å². The SMILES string of the molecule is CCC(On1c(=O)[nH]c2ncc(-c3cnn(CC4CCOCC4)c3)cc21)c1c(Cl)ccc(F)c1Cl. The van der Waals surface area contributed by atoms with Gasteiger partial charge in [0.15, 0.2) is 11.8 Å². The smallest absolute Gasteiger partial charge is 0.360 e. The predicted octanol–water partition coefficient (Wildman–Crippen LogP) is 5.04. The lowest BCUT2D eigenvalue weighted by atomic mass is 10.0. The largest absolute Gasteiger partial charge is 0.401 e. The number of pyridine rings is 1. The summed E-state index contributed by atoms with van der Waals surface area (Å²) in [5.41, 5.74) is 2.22. The lowest BCUT2D eigenvalue weighted by Crippen LogP contribution is -2.27. The molecule has 1 saturated heterocycles. The fourth-order valence-electron chi connectivity index (χ4n) is 4.33. The lowest BCUT2D eigenvalue weighted by Gasteiger charge is -2.21. The number of aromatic amines is 1. The molecule has 0 saturated carbocycles. The van der Waals surface area contributed by atoms with E-state index in [4.69, 9.17) is 32.8 Å². The molecule has 0 radical (unpaired) electrons. The minimum Gasteiger partial charge on any atom is -0.401 e. The Morgan fingerprint density at radius 3 is 2.83 bits per heavy atom. The Labute approximate surface area is 210 Å². The van der Waals surface area contributed by atoms with Gasteiger partial charge in [0.2, 0.25) is 0 Å². The van der Waals surface area contributed by atoms with Crippen LogP contribution in [0.2, 0.25) is 10.0 Å². The third kappa shape index (κ3) is 4.80. The van der Waals surface area contributed by atoms with Crippen molar-refractivity contribution >= 4 is 34.4 Å². The topological polar surface area (TPSA) is 87.0 Å². The van der Waals surface area contributed by atoms with Crippen molar-refractivity contribution in [1.29, 1.82) is 0 Å². The van der Waals surface area contributed by atoms with Crippen LogP contribution in [0.3, 0.4) is 0 Å². The molecule has 1 fully saturated rings. The fraction of sp³-hybridized carbons (Fsp3) is 0.375. The van der Waals surface area contributed by atoms with Gasteiger partial charge in [-0.3, -0.25) is 9.67 Å². The molecule has 11 heteroatoms. The van der Waals surface area contributed by atoms with Gasteiger partial charge in [-0.25, -0.2) is 14.2 Å². The van der Waals surface area contributed by atoms with Gasteiger partial charge in [0, 0.05) is 53.9 Å². The van der Waals surface area contributed by atoms with E-state index in [1.165, 1.54) is 12.1 Å². The average Bonchev–Trinajstić information content (AvgIpc) is 3.45. The number of hydrogen-bond acceptors (Lipinski definition) is 5. The zero-order valence-electron chi connectivity index (χ0n) is 19.0. The highest BCUT2D eigenvalue weighted by molar-refractivity contribution is 6.36. The normalized spacial score (nSPS) is 15.5. The molecule has 1 atom stereocenters. The van der Waals surface area contributed by atoms with Gasteiger partial charge >= 0.3 is 5.69 Å². The Kier molecular flexibility index (Phi) is 6.82. The van der Waals surface area contributed by atoms with Crippen molar-refractivity contribution in [1.82, 2.24) is 24.5 Å². The molecule has 35 heavy (non-hydrogen) atoms. The van der Waals surface area contributed by atoms with Crippen LogP contribution in [0.15, 0.2) is 41.6 Å². The first-order valence-corrected chi connectivity index (χ1v) is 12.2. The number of H-pyrrole nitrogens is 1. The van der Waals surface area contributed by atoms with Crippen molar-refractivity contribution in [3.63, 3.8) is 0 Å². The molecule has 4 heterocycles. The highest BCUT2D eigenvalue weighted by atomic mass is 35.5. The molecular formula is C24H24Cl2FN5O3. The van der Waals surface area contributed by atoms with Gasteiger partial charge in [0.1, 0.15) is 11.3 Å². The summed E-state index contributed by atoms with van der Waals surface area (Å²) in [6.45, 7) is 4.23. The number of rotatable bonds is 7. The second-order valence-corrected chi connectivity index (χ2v) is 9.37. The maximum atomic E-state index is 14.1. The number of ether oxygens (including phenoxy) is 1. The summed E-state index contributed by atoms with van der Waals surface area (Å²) in [6.07, 6.45) is 7.10. The molecule has 1 N–H and O–H groups in total. The third-order valence-electron chi connectivity index (χ3n) is 6.25. The minimum absolute atomic E-state index is 0.131. The lowest BCUT2D eigenvalue weighted by molar-refractivity contribution is 0.0350. The molecule has 184 valence electrons. The Hall–Kier alpha value is -2.88. The molecule has 1 unspecified atom stereocenters. The van der Waals surface area contributed by atoms with E-state index in [1.807, 2.05) is 17.8 Å². The van der Waals surface area contributed by atoms with Crippen LogP contribution >= 0.6 is 23.2 Å². The molecule has 4 aromatic rings. The summed E-state index contributed by atoms with van der Waals surface area (Å²) in [5.74, 6) is -0.0751. The summed E-state index contributed by atoms with van der Waals surface area (Å²) >= 11 is 12.5. The van der Waals surface area contributed by atoms with Gasteiger partial charge < -0.3 is 9.57 Å². The van der Waals surface area contributed by atoms with Crippen molar-refractivity contribution in [3.05, 3.63) is 68.7 Å². The molecule has 1 aliphatic rings. The number of fused-ring (bicyclic) bond motifs is 1. The van der Waals surface area contributed by atoms with Crippen LogP contribution in [-0.4, -0.2) is 37.7 Å². The van der Waals surface area contributed by atoms with Crippen molar-refractivity contribution in [2.45, 2.75) is 38.8 Å². The third-order valence-corrected chi connectivity index (χ3v) is 6.97. The van der Waals surface area contributed by atoms with E-state index in [1.54, 1.807) is 18.5 Å². The predicted molar refractivity (Wildman–Crippen MR) is 131 cm³/mol. The van der Waals surface area contributed by atoms with E-state index < -0.39 is 17.6 Å². The van der Waals surface area contributed by atoms with Crippen molar-refractivity contribution < 1.29 is 14.0 Å². The van der Waals surface area contributed by atoms with E-state index >= 15 is 0 Å². The molecule has 5 rings (SSSR count). The van der Waals surface area contributed by atoms with Gasteiger partial charge in [-0.05, 0) is 43.4 Å². The second kappa shape index (κ2) is 10.0. The van der Waals surface area contributed by atoms with Crippen LogP contribution in [0.25, 0.3) is 22.3 Å². The number of benzene rings is 1. The molecule has 0 spiro atoms. The zero-order valence-corrected chi connectivity index (χ0v) is 20.5. The number of nitrogens with zero attached hydrogens (tertiary/aromatic N) is 4. The highest BCUT2D eigenvalue weighted by Crippen LogP contribution is 2.35. The summed E-state index contributed by atoms with van der Waals surface area (Å²) in [7, 11) is 0. The quantitative estimate of drug-likeness (QED) is 0.345. The summed E-state index contributed by atoms with van der Waals surface area (Å²) < 4.78 is 22.6. The number of imidazole rings is 1. The Bertz CT molecular complexity index is 1410. The Morgan fingerprint density at radius 2 is 2.06 bits per heavy atom. The second-order valence-electron chi connectivity index (χ2n) is 8.58. The number of halogens is 3. The van der Waals surface area contributed by atoms with E-state index in [2.05, 4.69) is 15.1 Å². The summed E-state index contributed by atoms with van der Waals surface area (Å²) in [6, 6.07) is 4.41. The summed E-state index contributed by atoms with van der Waals surface area (Å²) in [4.78, 5) is 25.8. The minimum atomic E-state index is -0.756. The molecule has 1 aliphatic heterocycles. The van der Waals surface area contributed by atoms with Crippen molar-refractivity contribution in [2.24, 2.45) is 5.92 Å². The summed E-state index contributed by atoms with van der Waals surface area (Å²) in [5, 5.41) is 4.62. The van der Waals surface area contributed by atoms with E-state index in [-0.39, 0.29) is 15.6 Å². The van der Waals surface area contributed by atoms with Crippen molar-refractivity contribution in [3.8, 4) is 11.1 Å². The van der Waals surface area contributed by atoms with Crippen molar-refractivity contribution in [2.75, 3.05) is 13.2 Å². The molecule has 3 aromatic heterocycles. The van der Waals surface area contributed by atoms with Crippen LogP contribution in [0, 0.1) is 11.7 Å². The van der Waals surface area contributed by atoms with Crippen LogP contribution < -0.4 is 10.5 Å². The maximum Gasteiger partial charge on any atom is 0.360 e. The standard InChI is InChI=1S/C24H24Cl2FN5O3/c1-2-20(21-17(25)3-4-18(27)22(21)26)35-32-19-9-15(10-28-23(19)30-24(32)33)16-11-29-31(13-16)12-14-5-7-34-8-6-14/h3-4,9-11,13-14,20H,2,5-8,12H2,1H3,(H,28,30,33). The molecular weight excluding hydrogens is 496 g/mol. The van der Waals surface area contributed by atoms with E-state index in [9.17, 15) is 9.18 Å². The average molecular weight is 520 g/mol.